The van der Waals surface area contributed by atoms with Gasteiger partial charge in [-0.25, -0.2) is 0 Å². The van der Waals surface area contributed by atoms with Crippen LogP contribution in [0.4, 0.5) is 11.4 Å². The summed E-state index contributed by atoms with van der Waals surface area (Å²) >= 11 is 0. The van der Waals surface area contributed by atoms with Crippen molar-refractivity contribution in [3.8, 4) is 0 Å². The molecule has 0 spiro atoms. The van der Waals surface area contributed by atoms with E-state index in [9.17, 15) is 9.59 Å². The molecule has 1 aliphatic heterocycles. The van der Waals surface area contributed by atoms with Crippen LogP contribution in [0.5, 0.6) is 0 Å². The van der Waals surface area contributed by atoms with Gasteiger partial charge in [0.1, 0.15) is 6.04 Å². The second kappa shape index (κ2) is 5.94. The summed E-state index contributed by atoms with van der Waals surface area (Å²) in [7, 11) is 0. The highest BCUT2D eigenvalue weighted by molar-refractivity contribution is 6.05. The molecule has 20 heavy (non-hydrogen) atoms. The van der Waals surface area contributed by atoms with E-state index in [4.69, 9.17) is 0 Å². The van der Waals surface area contributed by atoms with Crippen molar-refractivity contribution < 1.29 is 9.59 Å². The standard InChI is InChI=1S/C15H21N3O2/c1-9(2)6-7-16-15(20)11-4-5-12-13(8-11)18-14(19)10(3)17-12/h4-5,8-10,17H,6-7H2,1-3H3,(H,16,20)(H,18,19). The monoisotopic (exact) mass is 275 g/mol. The van der Waals surface area contributed by atoms with Gasteiger partial charge in [-0.3, -0.25) is 9.59 Å². The second-order valence-electron chi connectivity index (χ2n) is 5.55. The minimum atomic E-state index is -0.256. The van der Waals surface area contributed by atoms with Gasteiger partial charge in [-0.15, -0.1) is 0 Å². The summed E-state index contributed by atoms with van der Waals surface area (Å²) in [5.74, 6) is 0.361. The number of hydrogen-bond acceptors (Lipinski definition) is 3. The summed E-state index contributed by atoms with van der Waals surface area (Å²) in [6.07, 6.45) is 0.951. The Kier molecular flexibility index (Phi) is 4.27. The topological polar surface area (TPSA) is 70.2 Å². The quantitative estimate of drug-likeness (QED) is 0.789. The van der Waals surface area contributed by atoms with Gasteiger partial charge in [0.05, 0.1) is 11.4 Å². The third-order valence-corrected chi connectivity index (χ3v) is 3.31. The number of hydrogen-bond donors (Lipinski definition) is 3. The van der Waals surface area contributed by atoms with E-state index in [-0.39, 0.29) is 17.9 Å². The number of rotatable bonds is 4. The van der Waals surface area contributed by atoms with E-state index in [1.54, 1.807) is 19.1 Å². The first kappa shape index (κ1) is 14.4. The van der Waals surface area contributed by atoms with Crippen molar-refractivity contribution in [1.29, 1.82) is 0 Å². The molecule has 3 N–H and O–H groups in total. The van der Waals surface area contributed by atoms with E-state index < -0.39 is 0 Å². The number of carbonyl (C=O) groups excluding carboxylic acids is 2. The lowest BCUT2D eigenvalue weighted by Gasteiger charge is -2.24. The summed E-state index contributed by atoms with van der Waals surface area (Å²) in [4.78, 5) is 23.6. The van der Waals surface area contributed by atoms with Crippen molar-refractivity contribution in [1.82, 2.24) is 5.32 Å². The van der Waals surface area contributed by atoms with Gasteiger partial charge in [0, 0.05) is 12.1 Å². The molecule has 1 aromatic rings. The van der Waals surface area contributed by atoms with Crippen molar-refractivity contribution >= 4 is 23.2 Å². The Morgan fingerprint density at radius 1 is 1.35 bits per heavy atom. The summed E-state index contributed by atoms with van der Waals surface area (Å²) in [6.45, 7) is 6.70. The van der Waals surface area contributed by atoms with E-state index in [0.29, 0.717) is 23.7 Å². The zero-order chi connectivity index (χ0) is 14.7. The smallest absolute Gasteiger partial charge is 0.251 e. The fourth-order valence-electron chi connectivity index (χ4n) is 2.03. The minimum Gasteiger partial charge on any atom is -0.372 e. The van der Waals surface area contributed by atoms with Gasteiger partial charge in [0.15, 0.2) is 0 Å². The predicted octanol–water partition coefficient (Wildman–Crippen LogP) is 2.21. The maximum Gasteiger partial charge on any atom is 0.251 e. The van der Waals surface area contributed by atoms with E-state index in [2.05, 4.69) is 29.8 Å². The normalized spacial score (nSPS) is 17.2. The Balaban J connectivity index is 2.05. The first-order valence-corrected chi connectivity index (χ1v) is 6.97. The van der Waals surface area contributed by atoms with Gasteiger partial charge in [-0.2, -0.15) is 0 Å². The largest absolute Gasteiger partial charge is 0.372 e. The average molecular weight is 275 g/mol. The fourth-order valence-corrected chi connectivity index (χ4v) is 2.03. The van der Waals surface area contributed by atoms with Crippen LogP contribution in [-0.2, 0) is 4.79 Å². The molecule has 1 aromatic carbocycles. The van der Waals surface area contributed by atoms with Crippen molar-refractivity contribution in [3.05, 3.63) is 23.8 Å². The second-order valence-corrected chi connectivity index (χ2v) is 5.55. The number of nitrogens with one attached hydrogen (secondary N) is 3. The van der Waals surface area contributed by atoms with Crippen LogP contribution >= 0.6 is 0 Å². The van der Waals surface area contributed by atoms with Crippen molar-refractivity contribution in [3.63, 3.8) is 0 Å². The maximum atomic E-state index is 12.0. The lowest BCUT2D eigenvalue weighted by atomic mass is 10.1. The highest BCUT2D eigenvalue weighted by atomic mass is 16.2. The Morgan fingerprint density at radius 3 is 2.80 bits per heavy atom. The molecular formula is C15H21N3O2. The zero-order valence-corrected chi connectivity index (χ0v) is 12.1. The Labute approximate surface area is 119 Å². The molecule has 2 amide bonds. The number of amides is 2. The number of fused-ring (bicyclic) bond motifs is 1. The van der Waals surface area contributed by atoms with Crippen LogP contribution in [0.3, 0.4) is 0 Å². The zero-order valence-electron chi connectivity index (χ0n) is 12.1. The van der Waals surface area contributed by atoms with Crippen molar-refractivity contribution in [2.45, 2.75) is 33.2 Å². The highest BCUT2D eigenvalue weighted by Gasteiger charge is 2.22. The van der Waals surface area contributed by atoms with Crippen LogP contribution in [0.15, 0.2) is 18.2 Å². The molecular weight excluding hydrogens is 254 g/mol. The molecule has 1 heterocycles. The third kappa shape index (κ3) is 3.29. The lowest BCUT2D eigenvalue weighted by molar-refractivity contribution is -0.116. The predicted molar refractivity (Wildman–Crippen MR) is 79.9 cm³/mol. The molecule has 0 bridgehead atoms. The van der Waals surface area contributed by atoms with Crippen LogP contribution in [0.1, 0.15) is 37.6 Å². The van der Waals surface area contributed by atoms with E-state index in [0.717, 1.165) is 12.1 Å². The molecule has 0 radical (unpaired) electrons. The third-order valence-electron chi connectivity index (χ3n) is 3.31. The van der Waals surface area contributed by atoms with Crippen LogP contribution in [-0.4, -0.2) is 24.4 Å². The van der Waals surface area contributed by atoms with Crippen LogP contribution in [0.2, 0.25) is 0 Å². The van der Waals surface area contributed by atoms with Gasteiger partial charge in [0.25, 0.3) is 5.91 Å². The number of anilines is 2. The van der Waals surface area contributed by atoms with Crippen molar-refractivity contribution in [2.75, 3.05) is 17.2 Å². The SMILES string of the molecule is CC(C)CCNC(=O)c1ccc2c(c1)NC(=O)C(C)N2. The van der Waals surface area contributed by atoms with Crippen molar-refractivity contribution in [2.24, 2.45) is 5.92 Å². The van der Waals surface area contributed by atoms with Gasteiger partial charge < -0.3 is 16.0 Å². The molecule has 0 aliphatic carbocycles. The van der Waals surface area contributed by atoms with Crippen LogP contribution in [0, 0.1) is 5.92 Å². The molecule has 1 atom stereocenters. The van der Waals surface area contributed by atoms with E-state index >= 15 is 0 Å². The minimum absolute atomic E-state index is 0.0881. The maximum absolute atomic E-state index is 12.0. The van der Waals surface area contributed by atoms with E-state index in [1.165, 1.54) is 0 Å². The Bertz CT molecular complexity index is 526. The first-order valence-electron chi connectivity index (χ1n) is 6.97. The molecule has 108 valence electrons. The summed E-state index contributed by atoms with van der Waals surface area (Å²) < 4.78 is 0. The molecule has 1 aliphatic rings. The van der Waals surface area contributed by atoms with Gasteiger partial charge in [-0.05, 0) is 37.5 Å². The summed E-state index contributed by atoms with van der Waals surface area (Å²) in [5.41, 5.74) is 2.06. The van der Waals surface area contributed by atoms with Gasteiger partial charge >= 0.3 is 0 Å². The Morgan fingerprint density at radius 2 is 2.10 bits per heavy atom. The summed E-state index contributed by atoms with van der Waals surface area (Å²) in [5, 5.41) is 8.77. The van der Waals surface area contributed by atoms with E-state index in [1.807, 2.05) is 6.07 Å². The Hall–Kier alpha value is -2.04. The lowest BCUT2D eigenvalue weighted by Crippen LogP contribution is -2.36. The molecule has 0 saturated heterocycles. The van der Waals surface area contributed by atoms with Crippen LogP contribution < -0.4 is 16.0 Å². The van der Waals surface area contributed by atoms with Gasteiger partial charge in [-0.1, -0.05) is 13.8 Å². The fraction of sp³-hybridized carbons (Fsp3) is 0.467. The molecule has 1 unspecified atom stereocenters. The number of carbonyl (C=O) groups is 2. The molecule has 0 aromatic heterocycles. The van der Waals surface area contributed by atoms with Crippen LogP contribution in [0.25, 0.3) is 0 Å². The highest BCUT2D eigenvalue weighted by Crippen LogP contribution is 2.27. The summed E-state index contributed by atoms with van der Waals surface area (Å²) in [6, 6.07) is 5.04. The molecule has 5 nitrogen and oxygen atoms in total. The average Bonchev–Trinajstić information content (AvgIpc) is 2.39. The number of benzene rings is 1. The molecule has 0 fully saturated rings. The molecule has 5 heteroatoms. The molecule has 0 saturated carbocycles. The molecule has 2 rings (SSSR count). The van der Waals surface area contributed by atoms with Gasteiger partial charge in [0.2, 0.25) is 5.91 Å². The first-order chi connectivity index (χ1) is 9.47.